The minimum absolute atomic E-state index is 0.0300. The van der Waals surface area contributed by atoms with Gasteiger partial charge < -0.3 is 0 Å². The van der Waals surface area contributed by atoms with Crippen LogP contribution in [0.25, 0.3) is 6.08 Å². The van der Waals surface area contributed by atoms with Crippen LogP contribution in [0.4, 0.5) is 0 Å². The third-order valence-electron chi connectivity index (χ3n) is 1.94. The van der Waals surface area contributed by atoms with Crippen molar-refractivity contribution in [2.45, 2.75) is 0 Å². The monoisotopic (exact) mass is 293 g/mol. The van der Waals surface area contributed by atoms with Crippen LogP contribution in [-0.2, 0) is 0 Å². The van der Waals surface area contributed by atoms with E-state index in [4.69, 9.17) is 0 Å². The van der Waals surface area contributed by atoms with Crippen LogP contribution in [0.2, 0.25) is 0 Å². The normalized spacial score (nSPS) is 10.8. The molecule has 0 saturated carbocycles. The van der Waals surface area contributed by atoms with Crippen molar-refractivity contribution in [3.05, 3.63) is 57.0 Å². The summed E-state index contributed by atoms with van der Waals surface area (Å²) >= 11 is 4.96. The summed E-state index contributed by atoms with van der Waals surface area (Å²) in [6, 6.07) is 7.42. The fraction of sp³-hybridized carbons (Fsp3) is 0. The minimum atomic E-state index is -0.0300. The molecule has 0 aliphatic heterocycles. The quantitative estimate of drug-likeness (QED) is 0.636. The number of rotatable bonds is 3. The number of pyridine rings is 1. The van der Waals surface area contributed by atoms with Crippen molar-refractivity contribution in [1.82, 2.24) is 4.98 Å². The molecular formula is C12H8BrNOS. The number of allylic oxidation sites excluding steroid dienone is 1. The van der Waals surface area contributed by atoms with E-state index in [2.05, 4.69) is 20.9 Å². The van der Waals surface area contributed by atoms with Crippen molar-refractivity contribution < 1.29 is 4.79 Å². The van der Waals surface area contributed by atoms with Gasteiger partial charge in [0.05, 0.1) is 3.79 Å². The molecule has 0 N–H and O–H groups in total. The number of thiophene rings is 1. The summed E-state index contributed by atoms with van der Waals surface area (Å²) in [5, 5.41) is 0. The molecule has 0 bridgehead atoms. The Bertz CT molecular complexity index is 519. The second kappa shape index (κ2) is 5.18. The lowest BCUT2D eigenvalue weighted by atomic mass is 10.2. The number of carbonyl (C=O) groups is 1. The predicted molar refractivity (Wildman–Crippen MR) is 69.6 cm³/mol. The van der Waals surface area contributed by atoms with E-state index in [1.165, 1.54) is 0 Å². The first-order valence-electron chi connectivity index (χ1n) is 4.63. The van der Waals surface area contributed by atoms with Crippen molar-refractivity contribution in [2.24, 2.45) is 0 Å². The fourth-order valence-corrected chi connectivity index (χ4v) is 2.51. The summed E-state index contributed by atoms with van der Waals surface area (Å²) < 4.78 is 1.06. The maximum absolute atomic E-state index is 11.7. The zero-order chi connectivity index (χ0) is 11.4. The molecular weight excluding hydrogens is 286 g/mol. The van der Waals surface area contributed by atoms with E-state index in [0.717, 1.165) is 8.66 Å². The summed E-state index contributed by atoms with van der Waals surface area (Å²) in [5.41, 5.74) is 0.606. The molecule has 80 valence electrons. The maximum atomic E-state index is 11.7. The highest BCUT2D eigenvalue weighted by molar-refractivity contribution is 9.11. The average molecular weight is 294 g/mol. The second-order valence-corrected chi connectivity index (χ2v) is 5.58. The van der Waals surface area contributed by atoms with E-state index >= 15 is 0 Å². The van der Waals surface area contributed by atoms with Crippen LogP contribution in [0.5, 0.6) is 0 Å². The highest BCUT2D eigenvalue weighted by Gasteiger charge is 2.00. The van der Waals surface area contributed by atoms with Crippen LogP contribution in [0.1, 0.15) is 15.2 Å². The molecule has 2 aromatic heterocycles. The molecule has 0 aliphatic carbocycles. The first-order chi connectivity index (χ1) is 7.75. The lowest BCUT2D eigenvalue weighted by Gasteiger charge is -1.92. The number of hydrogen-bond acceptors (Lipinski definition) is 3. The zero-order valence-electron chi connectivity index (χ0n) is 8.26. The zero-order valence-corrected chi connectivity index (χ0v) is 10.7. The van der Waals surface area contributed by atoms with E-state index in [1.54, 1.807) is 41.9 Å². The van der Waals surface area contributed by atoms with Crippen LogP contribution in [0.15, 0.2) is 46.5 Å². The topological polar surface area (TPSA) is 30.0 Å². The number of carbonyl (C=O) groups excluding carboxylic acids is 1. The molecule has 0 fully saturated rings. The Balaban J connectivity index is 2.11. The molecule has 4 heteroatoms. The van der Waals surface area contributed by atoms with Crippen LogP contribution in [-0.4, -0.2) is 10.8 Å². The highest BCUT2D eigenvalue weighted by atomic mass is 79.9. The van der Waals surface area contributed by atoms with Crippen molar-refractivity contribution in [1.29, 1.82) is 0 Å². The molecule has 0 amide bonds. The summed E-state index contributed by atoms with van der Waals surface area (Å²) in [6.07, 6.45) is 6.59. The standard InChI is InChI=1S/C12H8BrNOS/c13-12-6-4-10(16-12)3-5-11(15)9-2-1-7-14-8-9/h1-8H/b5-3+. The third kappa shape index (κ3) is 2.87. The first-order valence-corrected chi connectivity index (χ1v) is 6.24. The largest absolute Gasteiger partial charge is 0.289 e. The number of halogens is 1. The molecule has 2 rings (SSSR count). The Morgan fingerprint density at radius 1 is 1.38 bits per heavy atom. The summed E-state index contributed by atoms with van der Waals surface area (Å²) in [4.78, 5) is 16.6. The number of ketones is 1. The molecule has 2 nitrogen and oxygen atoms in total. The Morgan fingerprint density at radius 2 is 2.25 bits per heavy atom. The lowest BCUT2D eigenvalue weighted by Crippen LogP contribution is -1.93. The van der Waals surface area contributed by atoms with Crippen LogP contribution >= 0.6 is 27.3 Å². The summed E-state index contributed by atoms with van der Waals surface area (Å²) in [7, 11) is 0. The molecule has 2 aromatic rings. The Kier molecular flexibility index (Phi) is 3.64. The Morgan fingerprint density at radius 3 is 2.88 bits per heavy atom. The SMILES string of the molecule is O=C(/C=C/c1ccc(Br)s1)c1cccnc1. The first kappa shape index (κ1) is 11.2. The molecule has 2 heterocycles. The number of aromatic nitrogens is 1. The average Bonchev–Trinajstić information content (AvgIpc) is 2.73. The van der Waals surface area contributed by atoms with Crippen LogP contribution in [0, 0.1) is 0 Å². The van der Waals surface area contributed by atoms with Gasteiger partial charge in [-0.15, -0.1) is 11.3 Å². The van der Waals surface area contributed by atoms with E-state index in [1.807, 2.05) is 18.2 Å². The molecule has 0 unspecified atom stereocenters. The van der Waals surface area contributed by atoms with E-state index in [0.29, 0.717) is 5.56 Å². The number of nitrogens with zero attached hydrogens (tertiary/aromatic N) is 1. The molecule has 0 saturated heterocycles. The van der Waals surface area contributed by atoms with E-state index in [9.17, 15) is 4.79 Å². The Hall–Kier alpha value is -1.26. The smallest absolute Gasteiger partial charge is 0.187 e. The highest BCUT2D eigenvalue weighted by Crippen LogP contribution is 2.23. The second-order valence-electron chi connectivity index (χ2n) is 3.08. The van der Waals surface area contributed by atoms with E-state index in [-0.39, 0.29) is 5.78 Å². The van der Waals surface area contributed by atoms with Gasteiger partial charge in [0.1, 0.15) is 0 Å². The van der Waals surface area contributed by atoms with Crippen molar-refractivity contribution in [2.75, 3.05) is 0 Å². The van der Waals surface area contributed by atoms with Gasteiger partial charge >= 0.3 is 0 Å². The fourth-order valence-electron chi connectivity index (χ4n) is 1.18. The molecule has 16 heavy (non-hydrogen) atoms. The van der Waals surface area contributed by atoms with Crippen molar-refractivity contribution >= 4 is 39.1 Å². The van der Waals surface area contributed by atoms with Gasteiger partial charge in [-0.1, -0.05) is 0 Å². The summed E-state index contributed by atoms with van der Waals surface area (Å²) in [5.74, 6) is -0.0300. The minimum Gasteiger partial charge on any atom is -0.289 e. The van der Waals surface area contributed by atoms with Gasteiger partial charge in [0.15, 0.2) is 5.78 Å². The predicted octanol–water partition coefficient (Wildman–Crippen LogP) is 3.80. The van der Waals surface area contributed by atoms with Gasteiger partial charge in [0, 0.05) is 22.8 Å². The van der Waals surface area contributed by atoms with Gasteiger partial charge in [-0.25, -0.2) is 0 Å². The lowest BCUT2D eigenvalue weighted by molar-refractivity contribution is 0.104. The molecule has 0 aromatic carbocycles. The molecule has 0 aliphatic rings. The van der Waals surface area contributed by atoms with E-state index < -0.39 is 0 Å². The van der Waals surface area contributed by atoms with Gasteiger partial charge in [-0.3, -0.25) is 9.78 Å². The van der Waals surface area contributed by atoms with Crippen LogP contribution in [0.3, 0.4) is 0 Å². The van der Waals surface area contributed by atoms with Gasteiger partial charge in [0.25, 0.3) is 0 Å². The number of hydrogen-bond donors (Lipinski definition) is 0. The van der Waals surface area contributed by atoms with Crippen LogP contribution < -0.4 is 0 Å². The van der Waals surface area contributed by atoms with Gasteiger partial charge in [-0.2, -0.15) is 0 Å². The van der Waals surface area contributed by atoms with Crippen molar-refractivity contribution in [3.8, 4) is 0 Å². The van der Waals surface area contributed by atoms with Gasteiger partial charge in [0.2, 0.25) is 0 Å². The Labute approximate surface area is 106 Å². The third-order valence-corrected chi connectivity index (χ3v) is 3.53. The summed E-state index contributed by atoms with van der Waals surface area (Å²) in [6.45, 7) is 0. The van der Waals surface area contributed by atoms with Crippen molar-refractivity contribution in [3.63, 3.8) is 0 Å². The molecule has 0 radical (unpaired) electrons. The molecule has 0 spiro atoms. The maximum Gasteiger partial charge on any atom is 0.187 e. The molecule has 0 atom stereocenters. The van der Waals surface area contributed by atoms with Gasteiger partial charge in [-0.05, 0) is 52.3 Å².